The van der Waals surface area contributed by atoms with Crippen molar-refractivity contribution in [2.24, 2.45) is 5.73 Å². The zero-order valence-corrected chi connectivity index (χ0v) is 12.0. The Kier molecular flexibility index (Phi) is 6.05. The molecule has 106 valence electrons. The first-order chi connectivity index (χ1) is 8.51. The predicted molar refractivity (Wildman–Crippen MR) is 74.4 cm³/mol. The van der Waals surface area contributed by atoms with Gasteiger partial charge in [0.05, 0.1) is 0 Å². The lowest BCUT2D eigenvalue weighted by molar-refractivity contribution is -0.124. The van der Waals surface area contributed by atoms with E-state index in [0.29, 0.717) is 6.54 Å². The number of hydrogen-bond donors (Lipinski definition) is 2. The Hall–Kier alpha value is -0.650. The molecule has 3 N–H and O–H groups in total. The van der Waals surface area contributed by atoms with Gasteiger partial charge in [0.2, 0.25) is 5.91 Å². The molecule has 1 fully saturated rings. The van der Waals surface area contributed by atoms with Gasteiger partial charge in [-0.25, -0.2) is 0 Å². The Morgan fingerprint density at radius 2 is 1.78 bits per heavy atom. The van der Waals surface area contributed by atoms with Crippen molar-refractivity contribution in [2.75, 3.05) is 45.8 Å². The van der Waals surface area contributed by atoms with Crippen molar-refractivity contribution in [1.82, 2.24) is 15.1 Å². The molecule has 0 aromatic rings. The molecular formula is C13H28N4O. The van der Waals surface area contributed by atoms with Gasteiger partial charge in [0.25, 0.3) is 0 Å². The summed E-state index contributed by atoms with van der Waals surface area (Å²) in [5.41, 5.74) is 4.94. The van der Waals surface area contributed by atoms with Crippen LogP contribution in [0.5, 0.6) is 0 Å². The number of primary amides is 1. The molecular weight excluding hydrogens is 228 g/mol. The van der Waals surface area contributed by atoms with Crippen molar-refractivity contribution < 1.29 is 4.79 Å². The maximum absolute atomic E-state index is 11.6. The van der Waals surface area contributed by atoms with Crippen LogP contribution in [0.1, 0.15) is 27.2 Å². The van der Waals surface area contributed by atoms with E-state index in [4.69, 9.17) is 5.73 Å². The number of likely N-dealkylation sites (N-methyl/N-ethyl adjacent to an activating group) is 1. The van der Waals surface area contributed by atoms with E-state index < -0.39 is 5.54 Å². The van der Waals surface area contributed by atoms with Crippen LogP contribution in [0.2, 0.25) is 0 Å². The molecule has 18 heavy (non-hydrogen) atoms. The Morgan fingerprint density at radius 3 is 2.22 bits per heavy atom. The van der Waals surface area contributed by atoms with Crippen LogP contribution < -0.4 is 11.1 Å². The zero-order chi connectivity index (χ0) is 13.6. The minimum atomic E-state index is -0.607. The fourth-order valence-electron chi connectivity index (χ4n) is 2.33. The Labute approximate surface area is 111 Å². The number of carbonyl (C=O) groups excluding carboxylic acids is 1. The molecule has 0 aromatic carbocycles. The minimum Gasteiger partial charge on any atom is -0.368 e. The molecule has 1 amide bonds. The van der Waals surface area contributed by atoms with Gasteiger partial charge < -0.3 is 16.0 Å². The molecule has 0 aliphatic carbocycles. The van der Waals surface area contributed by atoms with Crippen LogP contribution in [0.4, 0.5) is 0 Å². The Morgan fingerprint density at radius 1 is 1.22 bits per heavy atom. The van der Waals surface area contributed by atoms with E-state index in [9.17, 15) is 4.79 Å². The van der Waals surface area contributed by atoms with E-state index in [2.05, 4.69) is 29.0 Å². The van der Waals surface area contributed by atoms with E-state index in [1.54, 1.807) is 0 Å². The van der Waals surface area contributed by atoms with E-state index in [-0.39, 0.29) is 5.91 Å². The third-order valence-corrected chi connectivity index (χ3v) is 3.76. The molecule has 5 heteroatoms. The smallest absolute Gasteiger partial charge is 0.238 e. The van der Waals surface area contributed by atoms with Gasteiger partial charge in [-0.2, -0.15) is 0 Å². The van der Waals surface area contributed by atoms with Crippen LogP contribution in [0, 0.1) is 0 Å². The van der Waals surface area contributed by atoms with Crippen molar-refractivity contribution in [2.45, 2.75) is 32.7 Å². The number of amides is 1. The van der Waals surface area contributed by atoms with Gasteiger partial charge in [-0.1, -0.05) is 13.8 Å². The lowest BCUT2D eigenvalue weighted by Crippen LogP contribution is -2.61. The average Bonchev–Trinajstić information content (AvgIpc) is 2.37. The van der Waals surface area contributed by atoms with Crippen molar-refractivity contribution in [1.29, 1.82) is 0 Å². The molecule has 1 aliphatic heterocycles. The molecule has 1 unspecified atom stereocenters. The number of hydrogen-bond acceptors (Lipinski definition) is 4. The van der Waals surface area contributed by atoms with E-state index in [1.807, 2.05) is 6.92 Å². The predicted octanol–water partition coefficient (Wildman–Crippen LogP) is -0.132. The first kappa shape index (κ1) is 15.4. The highest BCUT2D eigenvalue weighted by Crippen LogP contribution is 2.09. The second-order valence-corrected chi connectivity index (χ2v) is 5.33. The maximum atomic E-state index is 11.6. The molecule has 1 atom stereocenters. The highest BCUT2D eigenvalue weighted by Gasteiger charge is 2.33. The average molecular weight is 256 g/mol. The van der Waals surface area contributed by atoms with Crippen LogP contribution >= 0.6 is 0 Å². The fraction of sp³-hybridized carbons (Fsp3) is 0.923. The van der Waals surface area contributed by atoms with E-state index in [1.165, 1.54) is 0 Å². The van der Waals surface area contributed by atoms with Crippen LogP contribution in [0.15, 0.2) is 0 Å². The monoisotopic (exact) mass is 256 g/mol. The number of carbonyl (C=O) groups is 1. The van der Waals surface area contributed by atoms with Gasteiger partial charge in [0, 0.05) is 32.7 Å². The summed E-state index contributed by atoms with van der Waals surface area (Å²) in [5.74, 6) is -0.256. The second-order valence-electron chi connectivity index (χ2n) is 5.33. The van der Waals surface area contributed by atoms with Crippen molar-refractivity contribution in [3.63, 3.8) is 0 Å². The maximum Gasteiger partial charge on any atom is 0.238 e. The summed E-state index contributed by atoms with van der Waals surface area (Å²) in [6.45, 7) is 13.0. The molecule has 0 radical (unpaired) electrons. The van der Waals surface area contributed by atoms with Crippen LogP contribution in [0.3, 0.4) is 0 Å². The summed E-state index contributed by atoms with van der Waals surface area (Å²) in [7, 11) is 0. The number of nitrogens with zero attached hydrogens (tertiary/aromatic N) is 2. The Balaban J connectivity index is 2.49. The number of rotatable bonds is 7. The van der Waals surface area contributed by atoms with Crippen molar-refractivity contribution in [3.8, 4) is 0 Å². The summed E-state index contributed by atoms with van der Waals surface area (Å²) in [5, 5.41) is 3.29. The first-order valence-corrected chi connectivity index (χ1v) is 7.01. The normalized spacial score (nSPS) is 21.7. The van der Waals surface area contributed by atoms with E-state index >= 15 is 0 Å². The zero-order valence-electron chi connectivity index (χ0n) is 12.0. The molecule has 1 aliphatic rings. The summed E-state index contributed by atoms with van der Waals surface area (Å²) in [6.07, 6.45) is 1.01. The second kappa shape index (κ2) is 7.07. The summed E-state index contributed by atoms with van der Waals surface area (Å²) in [4.78, 5) is 16.4. The quantitative estimate of drug-likeness (QED) is 0.666. The minimum absolute atomic E-state index is 0.256. The van der Waals surface area contributed by atoms with Gasteiger partial charge in [0.1, 0.15) is 5.54 Å². The molecule has 1 saturated heterocycles. The lowest BCUT2D eigenvalue weighted by Gasteiger charge is -2.39. The summed E-state index contributed by atoms with van der Waals surface area (Å²) in [6, 6.07) is 0. The number of nitrogens with two attached hydrogens (primary N) is 1. The third-order valence-electron chi connectivity index (χ3n) is 3.76. The number of piperazine rings is 1. The lowest BCUT2D eigenvalue weighted by atomic mass is 10.00. The first-order valence-electron chi connectivity index (χ1n) is 7.01. The van der Waals surface area contributed by atoms with Crippen LogP contribution in [-0.4, -0.2) is 67.1 Å². The highest BCUT2D eigenvalue weighted by molar-refractivity contribution is 5.84. The molecule has 0 saturated carbocycles. The van der Waals surface area contributed by atoms with Crippen LogP contribution in [-0.2, 0) is 4.79 Å². The molecule has 1 heterocycles. The van der Waals surface area contributed by atoms with Gasteiger partial charge in [-0.05, 0) is 26.4 Å². The van der Waals surface area contributed by atoms with Crippen molar-refractivity contribution in [3.05, 3.63) is 0 Å². The van der Waals surface area contributed by atoms with E-state index in [0.717, 1.165) is 45.7 Å². The molecule has 0 spiro atoms. The largest absolute Gasteiger partial charge is 0.368 e. The SMILES string of the molecule is CCCNC(C)(CN1CCN(CC)CC1)C(N)=O. The molecule has 1 rings (SSSR count). The van der Waals surface area contributed by atoms with Gasteiger partial charge >= 0.3 is 0 Å². The van der Waals surface area contributed by atoms with Gasteiger partial charge in [-0.15, -0.1) is 0 Å². The molecule has 0 bridgehead atoms. The summed E-state index contributed by atoms with van der Waals surface area (Å²) >= 11 is 0. The summed E-state index contributed by atoms with van der Waals surface area (Å²) < 4.78 is 0. The molecule has 0 aromatic heterocycles. The van der Waals surface area contributed by atoms with Gasteiger partial charge in [0.15, 0.2) is 0 Å². The number of nitrogens with one attached hydrogen (secondary N) is 1. The standard InChI is InChI=1S/C13H28N4O/c1-4-6-15-13(3,12(14)18)11-17-9-7-16(5-2)8-10-17/h15H,4-11H2,1-3H3,(H2,14,18). The van der Waals surface area contributed by atoms with Gasteiger partial charge in [-0.3, -0.25) is 9.69 Å². The topological polar surface area (TPSA) is 61.6 Å². The third kappa shape index (κ3) is 4.23. The van der Waals surface area contributed by atoms with Crippen molar-refractivity contribution >= 4 is 5.91 Å². The Bertz CT molecular complexity index is 264. The highest BCUT2D eigenvalue weighted by atomic mass is 16.1. The molecule has 5 nitrogen and oxygen atoms in total. The van der Waals surface area contributed by atoms with Crippen LogP contribution in [0.25, 0.3) is 0 Å². The fourth-order valence-corrected chi connectivity index (χ4v) is 2.33.